The van der Waals surface area contributed by atoms with Gasteiger partial charge in [0, 0.05) is 30.5 Å². The number of carbonyl (C=O) groups is 2. The van der Waals surface area contributed by atoms with E-state index in [9.17, 15) is 9.59 Å². The highest BCUT2D eigenvalue weighted by atomic mass is 35.5. The molecule has 4 nitrogen and oxygen atoms in total. The molecule has 1 aromatic carbocycles. The van der Waals surface area contributed by atoms with Crippen LogP contribution in [0.5, 0.6) is 0 Å². The van der Waals surface area contributed by atoms with Crippen LogP contribution < -0.4 is 0 Å². The van der Waals surface area contributed by atoms with E-state index in [-0.39, 0.29) is 17.8 Å². The van der Waals surface area contributed by atoms with Crippen molar-refractivity contribution in [2.24, 2.45) is 5.92 Å². The van der Waals surface area contributed by atoms with E-state index in [0.717, 1.165) is 5.56 Å². The lowest BCUT2D eigenvalue weighted by molar-refractivity contribution is -0.125. The average molecular weight is 324 g/mol. The van der Waals surface area contributed by atoms with Gasteiger partial charge in [0.1, 0.15) is 11.4 Å². The van der Waals surface area contributed by atoms with Crippen molar-refractivity contribution in [1.29, 1.82) is 0 Å². The van der Waals surface area contributed by atoms with Crippen LogP contribution in [0, 0.1) is 5.92 Å². The van der Waals surface area contributed by atoms with Crippen molar-refractivity contribution < 1.29 is 14.3 Å². The van der Waals surface area contributed by atoms with E-state index in [1.165, 1.54) is 0 Å². The van der Waals surface area contributed by atoms with Gasteiger partial charge in [-0.1, -0.05) is 29.8 Å². The normalized spacial score (nSPS) is 19.2. The van der Waals surface area contributed by atoms with E-state index in [4.69, 9.17) is 16.3 Å². The van der Waals surface area contributed by atoms with Crippen molar-refractivity contribution in [3.05, 3.63) is 34.9 Å². The SMILES string of the molecule is CC(C)(C)OC(=O)N1CCC(=O)C(Cc2ccccc2Cl)C1. The number of hydrogen-bond donors (Lipinski definition) is 0. The number of likely N-dealkylation sites (tertiary alicyclic amines) is 1. The molecule has 0 spiro atoms. The van der Waals surface area contributed by atoms with Crippen LogP contribution in [0.4, 0.5) is 4.79 Å². The Morgan fingerprint density at radius 1 is 1.36 bits per heavy atom. The van der Waals surface area contributed by atoms with Crippen LogP contribution in [0.15, 0.2) is 24.3 Å². The molecule has 1 atom stereocenters. The number of ketones is 1. The molecule has 1 aromatic rings. The Hall–Kier alpha value is -1.55. The molecule has 0 N–H and O–H groups in total. The van der Waals surface area contributed by atoms with Crippen LogP contribution in [0.3, 0.4) is 0 Å². The lowest BCUT2D eigenvalue weighted by Crippen LogP contribution is -2.46. The van der Waals surface area contributed by atoms with Crippen LogP contribution in [0.2, 0.25) is 5.02 Å². The van der Waals surface area contributed by atoms with E-state index in [1.54, 1.807) is 4.90 Å². The summed E-state index contributed by atoms with van der Waals surface area (Å²) in [6.07, 6.45) is 0.566. The number of carbonyl (C=O) groups excluding carboxylic acids is 2. The van der Waals surface area contributed by atoms with Crippen LogP contribution in [-0.4, -0.2) is 35.5 Å². The van der Waals surface area contributed by atoms with Gasteiger partial charge in [-0.15, -0.1) is 0 Å². The average Bonchev–Trinajstić information content (AvgIpc) is 2.41. The number of rotatable bonds is 2. The third kappa shape index (κ3) is 4.47. The van der Waals surface area contributed by atoms with Crippen molar-refractivity contribution >= 4 is 23.5 Å². The molecule has 0 aliphatic carbocycles. The number of nitrogens with zero attached hydrogens (tertiary/aromatic N) is 1. The summed E-state index contributed by atoms with van der Waals surface area (Å²) in [6.45, 7) is 6.31. The molecule has 2 rings (SSSR count). The summed E-state index contributed by atoms with van der Waals surface area (Å²) in [7, 11) is 0. The van der Waals surface area contributed by atoms with E-state index in [0.29, 0.717) is 31.0 Å². The summed E-state index contributed by atoms with van der Waals surface area (Å²) in [5.41, 5.74) is 0.407. The first-order chi connectivity index (χ1) is 10.3. The topological polar surface area (TPSA) is 46.6 Å². The Bertz CT molecular complexity index is 565. The Morgan fingerprint density at radius 2 is 2.05 bits per heavy atom. The van der Waals surface area contributed by atoms with E-state index in [1.807, 2.05) is 45.0 Å². The fourth-order valence-corrected chi connectivity index (χ4v) is 2.72. The second-order valence-corrected chi connectivity index (χ2v) is 7.04. The van der Waals surface area contributed by atoms with Crippen molar-refractivity contribution in [1.82, 2.24) is 4.90 Å². The third-order valence-electron chi connectivity index (χ3n) is 3.60. The van der Waals surface area contributed by atoms with Gasteiger partial charge in [-0.3, -0.25) is 4.79 Å². The smallest absolute Gasteiger partial charge is 0.410 e. The highest BCUT2D eigenvalue weighted by Crippen LogP contribution is 2.24. The van der Waals surface area contributed by atoms with Gasteiger partial charge in [-0.25, -0.2) is 4.79 Å². The number of Topliss-reactive ketones (excluding diaryl/α,β-unsaturated/α-hetero) is 1. The lowest BCUT2D eigenvalue weighted by Gasteiger charge is -2.33. The Morgan fingerprint density at radius 3 is 2.68 bits per heavy atom. The van der Waals surface area contributed by atoms with Crippen LogP contribution in [0.1, 0.15) is 32.8 Å². The Labute approximate surface area is 136 Å². The zero-order valence-corrected chi connectivity index (χ0v) is 14.0. The molecule has 120 valence electrons. The molecular weight excluding hydrogens is 302 g/mol. The molecule has 1 aliphatic heterocycles. The first kappa shape index (κ1) is 16.8. The predicted octanol–water partition coefficient (Wildman–Crippen LogP) is 3.71. The zero-order valence-electron chi connectivity index (χ0n) is 13.3. The number of halogens is 1. The maximum atomic E-state index is 12.2. The van der Waals surface area contributed by atoms with Crippen molar-refractivity contribution in [3.63, 3.8) is 0 Å². The van der Waals surface area contributed by atoms with Gasteiger partial charge in [0.15, 0.2) is 0 Å². The van der Waals surface area contributed by atoms with Crippen LogP contribution in [-0.2, 0) is 16.0 Å². The largest absolute Gasteiger partial charge is 0.444 e. The summed E-state index contributed by atoms with van der Waals surface area (Å²) in [6, 6.07) is 7.50. The quantitative estimate of drug-likeness (QED) is 0.833. The van der Waals surface area contributed by atoms with Crippen molar-refractivity contribution in [3.8, 4) is 0 Å². The minimum atomic E-state index is -0.531. The first-order valence-electron chi connectivity index (χ1n) is 7.50. The Balaban J connectivity index is 2.04. The molecule has 1 unspecified atom stereocenters. The van der Waals surface area contributed by atoms with E-state index >= 15 is 0 Å². The highest BCUT2D eigenvalue weighted by molar-refractivity contribution is 6.31. The summed E-state index contributed by atoms with van der Waals surface area (Å²) in [4.78, 5) is 25.9. The van der Waals surface area contributed by atoms with Crippen LogP contribution in [0.25, 0.3) is 0 Å². The minimum Gasteiger partial charge on any atom is -0.444 e. The number of hydrogen-bond acceptors (Lipinski definition) is 3. The van der Waals surface area contributed by atoms with Crippen molar-refractivity contribution in [2.45, 2.75) is 39.2 Å². The molecule has 1 fully saturated rings. The van der Waals surface area contributed by atoms with Crippen LogP contribution >= 0.6 is 11.6 Å². The fraction of sp³-hybridized carbons (Fsp3) is 0.529. The fourth-order valence-electron chi connectivity index (χ4n) is 2.51. The summed E-state index contributed by atoms with van der Waals surface area (Å²) >= 11 is 6.16. The minimum absolute atomic E-state index is 0.180. The summed E-state index contributed by atoms with van der Waals surface area (Å²) in [5.74, 6) is -0.0408. The molecule has 0 saturated carbocycles. The molecule has 1 amide bonds. The number of amides is 1. The number of ether oxygens (including phenoxy) is 1. The lowest BCUT2D eigenvalue weighted by atomic mass is 9.90. The van der Waals surface area contributed by atoms with E-state index in [2.05, 4.69) is 0 Å². The highest BCUT2D eigenvalue weighted by Gasteiger charge is 2.32. The number of benzene rings is 1. The maximum absolute atomic E-state index is 12.2. The van der Waals surface area contributed by atoms with Gasteiger partial charge in [-0.05, 0) is 38.8 Å². The molecule has 0 radical (unpaired) electrons. The molecule has 22 heavy (non-hydrogen) atoms. The molecule has 0 aromatic heterocycles. The van der Waals surface area contributed by atoms with Gasteiger partial charge in [0.25, 0.3) is 0 Å². The molecule has 1 saturated heterocycles. The molecular formula is C17H22ClNO3. The summed E-state index contributed by atoms with van der Waals surface area (Å²) < 4.78 is 5.38. The second kappa shape index (κ2) is 6.69. The van der Waals surface area contributed by atoms with Gasteiger partial charge < -0.3 is 9.64 Å². The monoisotopic (exact) mass is 323 g/mol. The molecule has 1 aliphatic rings. The predicted molar refractivity (Wildman–Crippen MR) is 86.1 cm³/mol. The van der Waals surface area contributed by atoms with Crippen molar-refractivity contribution in [2.75, 3.05) is 13.1 Å². The number of piperidine rings is 1. The second-order valence-electron chi connectivity index (χ2n) is 6.64. The van der Waals surface area contributed by atoms with Gasteiger partial charge in [-0.2, -0.15) is 0 Å². The van der Waals surface area contributed by atoms with Gasteiger partial charge in [0.05, 0.1) is 0 Å². The standard InChI is InChI=1S/C17H22ClNO3/c1-17(2,3)22-16(21)19-9-8-15(20)13(11-19)10-12-6-4-5-7-14(12)18/h4-7,13H,8-11H2,1-3H3. The molecule has 1 heterocycles. The maximum Gasteiger partial charge on any atom is 0.410 e. The Kier molecular flexibility index (Phi) is 5.12. The van der Waals surface area contributed by atoms with Gasteiger partial charge in [0.2, 0.25) is 0 Å². The first-order valence-corrected chi connectivity index (χ1v) is 7.88. The van der Waals surface area contributed by atoms with E-state index < -0.39 is 5.60 Å². The third-order valence-corrected chi connectivity index (χ3v) is 3.97. The molecule has 5 heteroatoms. The summed E-state index contributed by atoms with van der Waals surface area (Å²) in [5, 5.41) is 0.657. The molecule has 0 bridgehead atoms. The zero-order chi connectivity index (χ0) is 16.3. The van der Waals surface area contributed by atoms with Gasteiger partial charge >= 0.3 is 6.09 Å².